The molecule has 3 aromatic rings. The van der Waals surface area contributed by atoms with Crippen molar-refractivity contribution >= 4 is 29.3 Å². The molecule has 156 valence electrons. The Labute approximate surface area is 178 Å². The van der Waals surface area contributed by atoms with Gasteiger partial charge in [0.05, 0.1) is 17.9 Å². The molecule has 2 amide bonds. The third kappa shape index (κ3) is 5.04. The molecular formula is C21H22FN5O2S. The number of thioether (sulfide) groups is 1. The number of halogens is 1. The highest BCUT2D eigenvalue weighted by molar-refractivity contribution is 7.99. The third-order valence-electron chi connectivity index (χ3n) is 4.66. The first-order valence-electron chi connectivity index (χ1n) is 9.26. The van der Waals surface area contributed by atoms with Crippen LogP contribution in [0.1, 0.15) is 27.3 Å². The van der Waals surface area contributed by atoms with Gasteiger partial charge in [0.25, 0.3) is 5.91 Å². The van der Waals surface area contributed by atoms with Crippen LogP contribution in [-0.2, 0) is 18.4 Å². The highest BCUT2D eigenvalue weighted by Crippen LogP contribution is 2.20. The number of amides is 2. The molecule has 30 heavy (non-hydrogen) atoms. The molecule has 0 fully saturated rings. The van der Waals surface area contributed by atoms with Gasteiger partial charge >= 0.3 is 0 Å². The van der Waals surface area contributed by atoms with E-state index >= 15 is 0 Å². The molecule has 2 N–H and O–H groups in total. The van der Waals surface area contributed by atoms with Crippen LogP contribution in [0.2, 0.25) is 0 Å². The lowest BCUT2D eigenvalue weighted by Gasteiger charge is -2.10. The quantitative estimate of drug-likeness (QED) is 0.565. The summed E-state index contributed by atoms with van der Waals surface area (Å²) in [6, 6.07) is 11.5. The van der Waals surface area contributed by atoms with Gasteiger partial charge in [-0.05, 0) is 43.2 Å². The number of anilines is 1. The Morgan fingerprint density at radius 3 is 2.63 bits per heavy atom. The molecule has 0 saturated heterocycles. The summed E-state index contributed by atoms with van der Waals surface area (Å²) in [4.78, 5) is 24.4. The molecule has 1 heterocycles. The Morgan fingerprint density at radius 2 is 1.87 bits per heavy atom. The molecular weight excluding hydrogens is 405 g/mol. The molecule has 0 aliphatic heterocycles. The number of carbonyl (C=O) groups excluding carboxylic acids is 2. The molecule has 1 aromatic heterocycles. The Morgan fingerprint density at radius 1 is 1.10 bits per heavy atom. The van der Waals surface area contributed by atoms with Gasteiger partial charge in [-0.1, -0.05) is 36.0 Å². The zero-order valence-corrected chi connectivity index (χ0v) is 17.7. The maximum atomic E-state index is 13.7. The summed E-state index contributed by atoms with van der Waals surface area (Å²) in [5, 5.41) is 14.2. The van der Waals surface area contributed by atoms with E-state index in [2.05, 4.69) is 20.8 Å². The molecule has 0 aliphatic carbocycles. The summed E-state index contributed by atoms with van der Waals surface area (Å²) in [6.45, 7) is 4.04. The SMILES string of the molecule is Cc1cccc(NC(=O)CSc2nnc(CNC(=O)c3ccccc3F)n2C)c1C. The van der Waals surface area contributed by atoms with E-state index in [0.29, 0.717) is 11.0 Å². The van der Waals surface area contributed by atoms with E-state index in [4.69, 9.17) is 0 Å². The summed E-state index contributed by atoms with van der Waals surface area (Å²) in [5.41, 5.74) is 2.89. The summed E-state index contributed by atoms with van der Waals surface area (Å²) < 4.78 is 15.4. The molecule has 0 saturated carbocycles. The second kappa shape index (κ2) is 9.53. The van der Waals surface area contributed by atoms with Gasteiger partial charge in [0, 0.05) is 12.7 Å². The van der Waals surface area contributed by atoms with E-state index in [9.17, 15) is 14.0 Å². The first-order chi connectivity index (χ1) is 14.4. The van der Waals surface area contributed by atoms with Crippen LogP contribution in [0.15, 0.2) is 47.6 Å². The van der Waals surface area contributed by atoms with Crippen molar-refractivity contribution in [2.45, 2.75) is 25.5 Å². The van der Waals surface area contributed by atoms with E-state index in [0.717, 1.165) is 16.8 Å². The number of nitrogens with zero attached hydrogens (tertiary/aromatic N) is 3. The Balaban J connectivity index is 1.55. The molecule has 0 aliphatic rings. The number of aryl methyl sites for hydroxylation is 1. The topological polar surface area (TPSA) is 88.9 Å². The molecule has 2 aromatic carbocycles. The minimum atomic E-state index is -0.584. The minimum Gasteiger partial charge on any atom is -0.345 e. The molecule has 3 rings (SSSR count). The van der Waals surface area contributed by atoms with Crippen molar-refractivity contribution in [2.75, 3.05) is 11.1 Å². The lowest BCUT2D eigenvalue weighted by Crippen LogP contribution is -2.25. The van der Waals surface area contributed by atoms with Crippen LogP contribution in [0.5, 0.6) is 0 Å². The van der Waals surface area contributed by atoms with Gasteiger partial charge < -0.3 is 15.2 Å². The molecule has 9 heteroatoms. The number of nitrogens with one attached hydrogen (secondary N) is 2. The largest absolute Gasteiger partial charge is 0.345 e. The van der Waals surface area contributed by atoms with Crippen LogP contribution in [0.25, 0.3) is 0 Å². The average molecular weight is 428 g/mol. The van der Waals surface area contributed by atoms with Crippen LogP contribution < -0.4 is 10.6 Å². The second-order valence-corrected chi connectivity index (χ2v) is 7.65. The number of hydrogen-bond acceptors (Lipinski definition) is 5. The number of aromatic nitrogens is 3. The van der Waals surface area contributed by atoms with E-state index in [1.165, 1.54) is 30.0 Å². The lowest BCUT2D eigenvalue weighted by molar-refractivity contribution is -0.113. The molecule has 0 radical (unpaired) electrons. The van der Waals surface area contributed by atoms with Gasteiger partial charge in [0.2, 0.25) is 5.91 Å². The summed E-state index contributed by atoms with van der Waals surface area (Å²) in [5.74, 6) is -0.596. The van der Waals surface area contributed by atoms with E-state index in [1.807, 2.05) is 32.0 Å². The Kier molecular flexibility index (Phi) is 6.83. The van der Waals surface area contributed by atoms with Gasteiger partial charge in [-0.15, -0.1) is 10.2 Å². The molecule has 0 bridgehead atoms. The van der Waals surface area contributed by atoms with E-state index in [-0.39, 0.29) is 23.8 Å². The number of carbonyl (C=O) groups is 2. The second-order valence-electron chi connectivity index (χ2n) is 6.70. The van der Waals surface area contributed by atoms with Crippen molar-refractivity contribution in [2.24, 2.45) is 7.05 Å². The van der Waals surface area contributed by atoms with Gasteiger partial charge in [0.15, 0.2) is 11.0 Å². The first-order valence-corrected chi connectivity index (χ1v) is 10.2. The fourth-order valence-corrected chi connectivity index (χ4v) is 3.46. The minimum absolute atomic E-state index is 0.0302. The zero-order valence-electron chi connectivity index (χ0n) is 16.9. The van der Waals surface area contributed by atoms with Crippen LogP contribution in [-0.4, -0.2) is 32.3 Å². The number of hydrogen-bond donors (Lipinski definition) is 2. The highest BCUT2D eigenvalue weighted by atomic mass is 32.2. The van der Waals surface area contributed by atoms with Gasteiger partial charge in [-0.3, -0.25) is 9.59 Å². The average Bonchev–Trinajstić information content (AvgIpc) is 3.08. The van der Waals surface area contributed by atoms with E-state index in [1.54, 1.807) is 17.7 Å². The summed E-state index contributed by atoms with van der Waals surface area (Å²) >= 11 is 1.24. The molecule has 0 atom stereocenters. The monoisotopic (exact) mass is 427 g/mol. The smallest absolute Gasteiger partial charge is 0.254 e. The predicted octanol–water partition coefficient (Wildman–Crippen LogP) is 3.23. The number of benzene rings is 2. The first kappa shape index (κ1) is 21.5. The van der Waals surface area contributed by atoms with Gasteiger partial charge in [-0.25, -0.2) is 4.39 Å². The van der Waals surface area contributed by atoms with Crippen LogP contribution >= 0.6 is 11.8 Å². The zero-order chi connectivity index (χ0) is 21.7. The van der Waals surface area contributed by atoms with Crippen molar-refractivity contribution in [3.05, 3.63) is 70.8 Å². The normalized spacial score (nSPS) is 10.7. The standard InChI is InChI=1S/C21H22FN5O2S/c1-13-7-6-10-17(14(13)2)24-19(28)12-30-21-26-25-18(27(21)3)11-23-20(29)15-8-4-5-9-16(15)22/h4-10H,11-12H2,1-3H3,(H,23,29)(H,24,28). The fraction of sp³-hybridized carbons (Fsp3) is 0.238. The van der Waals surface area contributed by atoms with Crippen LogP contribution in [0.3, 0.4) is 0 Å². The van der Waals surface area contributed by atoms with Crippen LogP contribution in [0, 0.1) is 19.7 Å². The third-order valence-corrected chi connectivity index (χ3v) is 5.68. The van der Waals surface area contributed by atoms with Gasteiger partial charge in [-0.2, -0.15) is 0 Å². The lowest BCUT2D eigenvalue weighted by atomic mass is 10.1. The van der Waals surface area contributed by atoms with Crippen molar-refractivity contribution in [3.63, 3.8) is 0 Å². The summed E-state index contributed by atoms with van der Waals surface area (Å²) in [6.07, 6.45) is 0. The molecule has 0 unspecified atom stereocenters. The van der Waals surface area contributed by atoms with Crippen molar-refractivity contribution in [3.8, 4) is 0 Å². The Bertz CT molecular complexity index is 1080. The maximum Gasteiger partial charge on any atom is 0.254 e. The van der Waals surface area contributed by atoms with Crippen molar-refractivity contribution in [1.29, 1.82) is 0 Å². The van der Waals surface area contributed by atoms with Crippen molar-refractivity contribution in [1.82, 2.24) is 20.1 Å². The number of rotatable bonds is 7. The Hall–Kier alpha value is -3.20. The van der Waals surface area contributed by atoms with E-state index < -0.39 is 11.7 Å². The molecule has 0 spiro atoms. The van der Waals surface area contributed by atoms with Gasteiger partial charge in [0.1, 0.15) is 5.82 Å². The maximum absolute atomic E-state index is 13.7. The fourth-order valence-electron chi connectivity index (χ4n) is 2.73. The molecule has 7 nitrogen and oxygen atoms in total. The highest BCUT2D eigenvalue weighted by Gasteiger charge is 2.15. The predicted molar refractivity (Wildman–Crippen MR) is 114 cm³/mol. The van der Waals surface area contributed by atoms with Crippen molar-refractivity contribution < 1.29 is 14.0 Å². The van der Waals surface area contributed by atoms with Crippen LogP contribution in [0.4, 0.5) is 10.1 Å². The summed E-state index contributed by atoms with van der Waals surface area (Å²) in [7, 11) is 1.75.